The molecule has 5 fully saturated rings. The van der Waals surface area contributed by atoms with Crippen molar-refractivity contribution in [2.75, 3.05) is 26.8 Å². The quantitative estimate of drug-likeness (QED) is 0.434. The largest absolute Gasteiger partial charge is 0.494 e. The first-order valence-electron chi connectivity index (χ1n) is 16.0. The maximum Gasteiger partial charge on any atom is 0.227 e. The zero-order chi connectivity index (χ0) is 29.8. The van der Waals surface area contributed by atoms with Gasteiger partial charge in [-0.05, 0) is 92.2 Å². The summed E-state index contributed by atoms with van der Waals surface area (Å²) in [5, 5.41) is 17.3. The van der Waals surface area contributed by atoms with Gasteiger partial charge in [0.05, 0.1) is 29.0 Å². The predicted octanol–water partition coefficient (Wildman–Crippen LogP) is 5.87. The van der Waals surface area contributed by atoms with Gasteiger partial charge in [-0.3, -0.25) is 0 Å². The monoisotopic (exact) mass is 610 g/mol. The van der Waals surface area contributed by atoms with Crippen LogP contribution < -0.4 is 4.74 Å². The van der Waals surface area contributed by atoms with Gasteiger partial charge in [0.1, 0.15) is 18.0 Å². The van der Waals surface area contributed by atoms with E-state index in [-0.39, 0.29) is 36.8 Å². The van der Waals surface area contributed by atoms with Crippen LogP contribution in [0.5, 0.6) is 5.75 Å². The Morgan fingerprint density at radius 1 is 1.12 bits per heavy atom. The van der Waals surface area contributed by atoms with Crippen LogP contribution in [0.15, 0.2) is 36.0 Å². The van der Waals surface area contributed by atoms with E-state index in [2.05, 4.69) is 40.0 Å². The molecule has 8 rings (SSSR count). The summed E-state index contributed by atoms with van der Waals surface area (Å²) in [6.45, 7) is 10.3. The fraction of sp³-hybridized carbons (Fsp3) is 0.676. The zero-order valence-corrected chi connectivity index (χ0v) is 26.4. The normalized spacial score (nSPS) is 44.7. The van der Waals surface area contributed by atoms with E-state index in [1.165, 1.54) is 5.57 Å². The highest BCUT2D eigenvalue weighted by molar-refractivity contribution is 6.25. The number of hydrogen-bond acceptors (Lipinski definition) is 7. The van der Waals surface area contributed by atoms with Crippen LogP contribution in [-0.2, 0) is 25.4 Å². The fourth-order valence-corrected chi connectivity index (χ4v) is 11.2. The van der Waals surface area contributed by atoms with Gasteiger partial charge in [-0.25, -0.2) is 4.68 Å². The van der Waals surface area contributed by atoms with Crippen LogP contribution >= 0.6 is 11.6 Å². The lowest BCUT2D eigenvalue weighted by Crippen LogP contribution is -2.71. The Morgan fingerprint density at radius 3 is 2.65 bits per heavy atom. The molecular weight excluding hydrogens is 568 g/mol. The van der Waals surface area contributed by atoms with Gasteiger partial charge in [0.15, 0.2) is 13.6 Å². The van der Waals surface area contributed by atoms with E-state index in [0.29, 0.717) is 19.6 Å². The summed E-state index contributed by atoms with van der Waals surface area (Å²) in [4.78, 5) is -0.815. The lowest BCUT2D eigenvalue weighted by Gasteiger charge is -2.65. The topological polar surface area (TPSA) is 84.2 Å². The van der Waals surface area contributed by atoms with Crippen molar-refractivity contribution in [3.8, 4) is 11.4 Å². The number of aliphatic hydroxyl groups excluding tert-OH is 1. The van der Waals surface area contributed by atoms with Crippen molar-refractivity contribution in [2.24, 2.45) is 28.6 Å². The Labute approximate surface area is 258 Å². The second-order valence-electron chi connectivity index (χ2n) is 14.3. The highest BCUT2D eigenvalue weighted by Gasteiger charge is 2.81. The van der Waals surface area contributed by atoms with Crippen LogP contribution in [-0.4, -0.2) is 64.1 Å². The molecule has 1 aromatic carbocycles. The predicted molar refractivity (Wildman–Crippen MR) is 161 cm³/mol. The number of aliphatic hydroxyl groups is 1. The lowest BCUT2D eigenvalue weighted by atomic mass is 9.44. The molecule has 2 saturated heterocycles. The Bertz CT molecular complexity index is 1450. The van der Waals surface area contributed by atoms with Gasteiger partial charge >= 0.3 is 0 Å². The van der Waals surface area contributed by atoms with Gasteiger partial charge in [0.25, 0.3) is 0 Å². The number of fused-ring (bicyclic) bond motifs is 8. The number of ether oxygens (including phenoxy) is 5. The molecule has 2 aliphatic heterocycles. The van der Waals surface area contributed by atoms with E-state index in [1.807, 2.05) is 28.9 Å². The summed E-state index contributed by atoms with van der Waals surface area (Å²) in [5.41, 5.74) is 2.97. The summed E-state index contributed by atoms with van der Waals surface area (Å²) < 4.78 is 32.5. The molecule has 0 amide bonds. The first-order valence-corrected chi connectivity index (χ1v) is 16.4. The molecule has 0 bridgehead atoms. The highest BCUT2D eigenvalue weighted by atomic mass is 35.5. The van der Waals surface area contributed by atoms with Gasteiger partial charge in [-0.15, -0.1) is 11.6 Å². The summed E-state index contributed by atoms with van der Waals surface area (Å²) in [6.07, 6.45) is 8.71. The second-order valence-corrected chi connectivity index (χ2v) is 14.9. The number of halogens is 1. The van der Waals surface area contributed by atoms with Crippen LogP contribution in [0.1, 0.15) is 71.1 Å². The van der Waals surface area contributed by atoms with E-state index in [9.17, 15) is 5.11 Å². The average molecular weight is 611 g/mol. The van der Waals surface area contributed by atoms with Gasteiger partial charge in [0, 0.05) is 17.0 Å². The second kappa shape index (κ2) is 9.54. The summed E-state index contributed by atoms with van der Waals surface area (Å²) >= 11 is 7.95. The Morgan fingerprint density at radius 2 is 1.91 bits per heavy atom. The molecule has 1 N–H and O–H groups in total. The van der Waals surface area contributed by atoms with Crippen LogP contribution in [0.3, 0.4) is 0 Å². The molecule has 232 valence electrons. The molecule has 1 unspecified atom stereocenters. The third-order valence-corrected chi connectivity index (χ3v) is 13.4. The van der Waals surface area contributed by atoms with Crippen molar-refractivity contribution >= 4 is 17.7 Å². The molecule has 0 radical (unpaired) electrons. The molecule has 6 aliphatic rings. The summed E-state index contributed by atoms with van der Waals surface area (Å²) in [6, 6.07) is 8.10. The highest BCUT2D eigenvalue weighted by Crippen LogP contribution is 2.75. The first-order chi connectivity index (χ1) is 20.6. The Balaban J connectivity index is 1.13. The number of hydrogen-bond donors (Lipinski definition) is 1. The molecule has 4 aliphatic carbocycles. The van der Waals surface area contributed by atoms with Crippen molar-refractivity contribution in [3.05, 3.63) is 47.3 Å². The van der Waals surface area contributed by atoms with Crippen LogP contribution in [0.2, 0.25) is 0 Å². The van der Waals surface area contributed by atoms with Crippen molar-refractivity contribution in [1.29, 1.82) is 0 Å². The minimum Gasteiger partial charge on any atom is -0.494 e. The third kappa shape index (κ3) is 3.48. The summed E-state index contributed by atoms with van der Waals surface area (Å²) in [7, 11) is 0. The molecular formula is C34H43ClN2O6. The van der Waals surface area contributed by atoms with E-state index in [4.69, 9.17) is 40.4 Å². The van der Waals surface area contributed by atoms with Gasteiger partial charge < -0.3 is 28.8 Å². The van der Waals surface area contributed by atoms with E-state index < -0.39 is 27.8 Å². The van der Waals surface area contributed by atoms with E-state index in [0.717, 1.165) is 54.8 Å². The standard InChI is InChI=1S/C34H43ClN2O6/c1-5-12-40-25-9-7-24(8-10-25)37-17-22-15-30(3)23(14-28(22)36-37)6-11-26-27-13-21(2)34(31(27,4)16-29(38)33(26,30)35)32(42-20-43-34)18-39-19-41-32/h7-10,14,17,21,26-27,29,38H,5-6,11-13,15-16,18-20H2,1-4H3/t21-,26+,27+,29+,30+,31+,32?,33+,34-/m1/s1. The smallest absolute Gasteiger partial charge is 0.227 e. The molecule has 2 spiro atoms. The van der Waals surface area contributed by atoms with Crippen LogP contribution in [0.4, 0.5) is 0 Å². The molecule has 3 saturated carbocycles. The minimum absolute atomic E-state index is 0.114. The average Bonchev–Trinajstić information content (AvgIpc) is 3.76. The molecule has 3 heterocycles. The van der Waals surface area contributed by atoms with Gasteiger partial charge in [0.2, 0.25) is 5.79 Å². The van der Waals surface area contributed by atoms with E-state index >= 15 is 0 Å². The zero-order valence-electron chi connectivity index (χ0n) is 25.6. The number of nitrogens with zero attached hydrogens (tertiary/aromatic N) is 2. The number of alkyl halides is 1. The molecule has 9 atom stereocenters. The lowest BCUT2D eigenvalue weighted by molar-refractivity contribution is -0.264. The van der Waals surface area contributed by atoms with Crippen LogP contribution in [0.25, 0.3) is 11.8 Å². The SMILES string of the molecule is CCCOc1ccc(-n2cc3c(n2)C=C2CC[C@H]4[C@@H]5C[C@@H](C)[C@@]6(OCOC67COCO7)[C@@]5(C)C[C@H](O)[C@]4(Cl)[C@@]2(C)C3)cc1. The molecule has 43 heavy (non-hydrogen) atoms. The van der Waals surface area contributed by atoms with Crippen molar-refractivity contribution in [2.45, 2.75) is 88.6 Å². The van der Waals surface area contributed by atoms with Crippen LogP contribution in [0, 0.1) is 28.6 Å². The van der Waals surface area contributed by atoms with E-state index in [1.54, 1.807) is 0 Å². The van der Waals surface area contributed by atoms with Crippen molar-refractivity contribution in [3.63, 3.8) is 0 Å². The maximum atomic E-state index is 12.3. The Kier molecular flexibility index (Phi) is 6.33. The Hall–Kier alpha value is -1.94. The van der Waals surface area contributed by atoms with Crippen molar-refractivity contribution in [1.82, 2.24) is 9.78 Å². The maximum absolute atomic E-state index is 12.3. The number of benzene rings is 1. The molecule has 1 aromatic heterocycles. The number of allylic oxidation sites excluding steroid dienone is 1. The van der Waals surface area contributed by atoms with Gasteiger partial charge in [-0.2, -0.15) is 5.10 Å². The fourth-order valence-electron chi connectivity index (χ4n) is 10.6. The number of rotatable bonds is 4. The van der Waals surface area contributed by atoms with Gasteiger partial charge in [-0.1, -0.05) is 33.3 Å². The van der Waals surface area contributed by atoms with Crippen molar-refractivity contribution < 1.29 is 28.8 Å². The molecule has 2 aromatic rings. The first kappa shape index (κ1) is 28.5. The third-order valence-electron chi connectivity index (χ3n) is 12.4. The minimum atomic E-state index is -0.944. The molecule has 8 nitrogen and oxygen atoms in total. The molecule has 9 heteroatoms. The number of aromatic nitrogens is 2. The summed E-state index contributed by atoms with van der Waals surface area (Å²) in [5.74, 6) is 0.454.